The van der Waals surface area contributed by atoms with Gasteiger partial charge in [0, 0.05) is 18.8 Å². The lowest BCUT2D eigenvalue weighted by atomic mass is 9.85. The summed E-state index contributed by atoms with van der Waals surface area (Å²) in [4.78, 5) is 18.2. The van der Waals surface area contributed by atoms with Crippen LogP contribution in [0.3, 0.4) is 0 Å². The number of carboxylic acids is 1. The summed E-state index contributed by atoms with van der Waals surface area (Å²) in [6.45, 7) is 6.02. The highest BCUT2D eigenvalue weighted by atomic mass is 16.4. The van der Waals surface area contributed by atoms with Crippen molar-refractivity contribution >= 4 is 11.8 Å². The van der Waals surface area contributed by atoms with Crippen LogP contribution in [0.4, 0.5) is 5.82 Å². The Hall–Kier alpha value is -1.58. The van der Waals surface area contributed by atoms with Crippen LogP contribution in [0.1, 0.15) is 54.2 Å². The highest BCUT2D eigenvalue weighted by molar-refractivity contribution is 5.95. The van der Waals surface area contributed by atoms with Crippen LogP contribution in [0.2, 0.25) is 0 Å². The molecule has 1 N–H and O–H groups in total. The predicted octanol–water partition coefficient (Wildman–Crippen LogP) is 3.41. The van der Waals surface area contributed by atoms with Crippen molar-refractivity contribution in [1.82, 2.24) is 4.98 Å². The maximum absolute atomic E-state index is 11.6. The number of aromatic nitrogens is 1. The third kappa shape index (κ3) is 2.79. The number of pyridine rings is 1. The summed E-state index contributed by atoms with van der Waals surface area (Å²) in [5.74, 6) is 0.312. The highest BCUT2D eigenvalue weighted by Gasteiger charge is 2.29. The first kappa shape index (κ1) is 14.8. The summed E-state index contributed by atoms with van der Waals surface area (Å²) in [7, 11) is 1.99. The molecular formula is C16H24N2O2. The second-order valence-corrected chi connectivity index (χ2v) is 6.02. The smallest absolute Gasteiger partial charge is 0.339 e. The van der Waals surface area contributed by atoms with E-state index < -0.39 is 5.97 Å². The van der Waals surface area contributed by atoms with Crippen molar-refractivity contribution < 1.29 is 9.90 Å². The van der Waals surface area contributed by atoms with E-state index in [4.69, 9.17) is 0 Å². The van der Waals surface area contributed by atoms with Gasteiger partial charge in [-0.05, 0) is 44.2 Å². The van der Waals surface area contributed by atoms with Crippen LogP contribution in [-0.2, 0) is 0 Å². The molecule has 1 heterocycles. The van der Waals surface area contributed by atoms with Gasteiger partial charge in [-0.2, -0.15) is 0 Å². The van der Waals surface area contributed by atoms with Gasteiger partial charge in [-0.15, -0.1) is 0 Å². The standard InChI is InChI=1S/C16H24N2O2/c1-10-7-5-6-8-13(10)18(4)15-14(16(19)20)11(2)9-12(3)17-15/h9-10,13H,5-8H2,1-4H3,(H,19,20). The molecule has 2 atom stereocenters. The molecule has 2 rings (SSSR count). The minimum Gasteiger partial charge on any atom is -0.478 e. The second kappa shape index (κ2) is 5.81. The zero-order valence-electron chi connectivity index (χ0n) is 12.8. The molecule has 1 aromatic heterocycles. The number of carbonyl (C=O) groups is 1. The van der Waals surface area contributed by atoms with E-state index >= 15 is 0 Å². The number of carboxylic acid groups (broad SMARTS) is 1. The molecule has 1 aliphatic rings. The van der Waals surface area contributed by atoms with Crippen LogP contribution >= 0.6 is 0 Å². The van der Waals surface area contributed by atoms with Gasteiger partial charge in [-0.1, -0.05) is 19.8 Å². The number of rotatable bonds is 3. The summed E-state index contributed by atoms with van der Waals surface area (Å²) in [5.41, 5.74) is 2.00. The first-order valence-electron chi connectivity index (χ1n) is 7.36. The number of hydrogen-bond donors (Lipinski definition) is 1. The number of hydrogen-bond acceptors (Lipinski definition) is 3. The fourth-order valence-corrected chi connectivity index (χ4v) is 3.37. The molecule has 4 heteroatoms. The molecular weight excluding hydrogens is 252 g/mol. The maximum Gasteiger partial charge on any atom is 0.339 e. The molecule has 0 bridgehead atoms. The lowest BCUT2D eigenvalue weighted by Crippen LogP contribution is -2.40. The highest BCUT2D eigenvalue weighted by Crippen LogP contribution is 2.32. The van der Waals surface area contributed by atoms with Gasteiger partial charge >= 0.3 is 5.97 Å². The molecule has 20 heavy (non-hydrogen) atoms. The third-order valence-corrected chi connectivity index (χ3v) is 4.44. The Morgan fingerprint density at radius 1 is 1.35 bits per heavy atom. The van der Waals surface area contributed by atoms with Crippen molar-refractivity contribution in [3.05, 3.63) is 22.9 Å². The summed E-state index contributed by atoms with van der Waals surface area (Å²) in [6, 6.07) is 2.22. The molecule has 0 aromatic carbocycles. The molecule has 0 saturated heterocycles. The molecule has 1 saturated carbocycles. The molecule has 0 aliphatic heterocycles. The largest absolute Gasteiger partial charge is 0.478 e. The fraction of sp³-hybridized carbons (Fsp3) is 0.625. The number of aromatic carboxylic acids is 1. The first-order chi connectivity index (χ1) is 9.41. The van der Waals surface area contributed by atoms with Crippen molar-refractivity contribution in [2.45, 2.75) is 52.5 Å². The molecule has 0 radical (unpaired) electrons. The zero-order valence-corrected chi connectivity index (χ0v) is 12.8. The van der Waals surface area contributed by atoms with Crippen LogP contribution in [0, 0.1) is 19.8 Å². The Balaban J connectivity index is 2.42. The van der Waals surface area contributed by atoms with Gasteiger partial charge in [0.25, 0.3) is 0 Å². The van der Waals surface area contributed by atoms with E-state index in [1.165, 1.54) is 19.3 Å². The van der Waals surface area contributed by atoms with Crippen LogP contribution < -0.4 is 4.90 Å². The maximum atomic E-state index is 11.6. The van der Waals surface area contributed by atoms with E-state index in [0.717, 1.165) is 17.7 Å². The third-order valence-electron chi connectivity index (χ3n) is 4.44. The number of nitrogens with zero attached hydrogens (tertiary/aromatic N) is 2. The summed E-state index contributed by atoms with van der Waals surface area (Å²) < 4.78 is 0. The topological polar surface area (TPSA) is 53.4 Å². The van der Waals surface area contributed by atoms with Crippen LogP contribution in [0.25, 0.3) is 0 Å². The first-order valence-corrected chi connectivity index (χ1v) is 7.36. The van der Waals surface area contributed by atoms with Crippen LogP contribution in [0.5, 0.6) is 0 Å². The van der Waals surface area contributed by atoms with Gasteiger partial charge in [-0.25, -0.2) is 9.78 Å². The molecule has 110 valence electrons. The molecule has 1 aromatic rings. The van der Waals surface area contributed by atoms with Gasteiger partial charge < -0.3 is 10.0 Å². The van der Waals surface area contributed by atoms with Gasteiger partial charge in [0.15, 0.2) is 0 Å². The minimum atomic E-state index is -0.889. The van der Waals surface area contributed by atoms with Gasteiger partial charge in [0.2, 0.25) is 0 Å². The Labute approximate surface area is 120 Å². The molecule has 4 nitrogen and oxygen atoms in total. The molecule has 0 spiro atoms. The Kier molecular flexibility index (Phi) is 4.31. The molecule has 1 aliphatic carbocycles. The van der Waals surface area contributed by atoms with Crippen molar-refractivity contribution in [2.24, 2.45) is 5.92 Å². The van der Waals surface area contributed by atoms with Crippen molar-refractivity contribution in [3.63, 3.8) is 0 Å². The summed E-state index contributed by atoms with van der Waals surface area (Å²) in [5, 5.41) is 9.48. The van der Waals surface area contributed by atoms with Crippen molar-refractivity contribution in [3.8, 4) is 0 Å². The SMILES string of the molecule is Cc1cc(C)c(C(=O)O)c(N(C)C2CCCCC2C)n1. The average molecular weight is 276 g/mol. The predicted molar refractivity (Wildman–Crippen MR) is 80.5 cm³/mol. The zero-order chi connectivity index (χ0) is 14.9. The Bertz CT molecular complexity index is 513. The Morgan fingerprint density at radius 3 is 2.60 bits per heavy atom. The van der Waals surface area contributed by atoms with Crippen LogP contribution in [-0.4, -0.2) is 29.1 Å². The Morgan fingerprint density at radius 2 is 2.00 bits per heavy atom. The lowest BCUT2D eigenvalue weighted by Gasteiger charge is -2.37. The van der Waals surface area contributed by atoms with E-state index in [2.05, 4.69) is 16.8 Å². The summed E-state index contributed by atoms with van der Waals surface area (Å²) >= 11 is 0. The van der Waals surface area contributed by atoms with Gasteiger partial charge in [0.05, 0.1) is 0 Å². The quantitative estimate of drug-likeness (QED) is 0.919. The van der Waals surface area contributed by atoms with Crippen molar-refractivity contribution in [2.75, 3.05) is 11.9 Å². The van der Waals surface area contributed by atoms with Gasteiger partial charge in [0.1, 0.15) is 11.4 Å². The normalized spacial score (nSPS) is 22.6. The average Bonchev–Trinajstić information content (AvgIpc) is 2.37. The molecule has 1 fully saturated rings. The monoisotopic (exact) mass is 276 g/mol. The lowest BCUT2D eigenvalue weighted by molar-refractivity contribution is 0.0696. The number of aryl methyl sites for hydroxylation is 2. The van der Waals surface area contributed by atoms with Crippen LogP contribution in [0.15, 0.2) is 6.07 Å². The van der Waals surface area contributed by atoms with E-state index in [1.54, 1.807) is 0 Å². The van der Waals surface area contributed by atoms with Gasteiger partial charge in [-0.3, -0.25) is 0 Å². The molecule has 2 unspecified atom stereocenters. The molecule has 0 amide bonds. The van der Waals surface area contributed by atoms with E-state index in [9.17, 15) is 9.90 Å². The second-order valence-electron chi connectivity index (χ2n) is 6.02. The van der Waals surface area contributed by atoms with E-state index in [0.29, 0.717) is 23.3 Å². The fourth-order valence-electron chi connectivity index (χ4n) is 3.37. The van der Waals surface area contributed by atoms with E-state index in [-0.39, 0.29) is 0 Å². The van der Waals surface area contributed by atoms with E-state index in [1.807, 2.05) is 27.0 Å². The number of anilines is 1. The van der Waals surface area contributed by atoms with Crippen molar-refractivity contribution in [1.29, 1.82) is 0 Å². The summed E-state index contributed by atoms with van der Waals surface area (Å²) in [6.07, 6.45) is 4.82. The minimum absolute atomic E-state index is 0.343.